The molecule has 36 heavy (non-hydrogen) atoms. The molecule has 1 heterocycles. The standard InChI is InChI=1S/C26H22BrFN4O4/c1-3-16(2)25-30-22-10-9-19(27)13-20(22)26(33)31(25)29-14-17-8-11-24(23(12-17)32(34)35)36-15-18-6-4-5-7-21(18)28/h4-14,16H,3,15H2,1-2H3/t16-/m0/s1. The summed E-state index contributed by atoms with van der Waals surface area (Å²) in [6.45, 7) is 3.78. The van der Waals surface area contributed by atoms with Crippen molar-refractivity contribution in [1.82, 2.24) is 9.66 Å². The van der Waals surface area contributed by atoms with Crippen LogP contribution in [0.4, 0.5) is 10.1 Å². The number of ether oxygens (including phenoxy) is 1. The smallest absolute Gasteiger partial charge is 0.311 e. The van der Waals surface area contributed by atoms with Crippen molar-refractivity contribution >= 4 is 38.7 Å². The molecular formula is C26H22BrFN4O4. The summed E-state index contributed by atoms with van der Waals surface area (Å²) in [5.74, 6) is -0.0168. The van der Waals surface area contributed by atoms with Crippen LogP contribution in [0.1, 0.15) is 43.1 Å². The molecule has 0 fully saturated rings. The number of nitro groups is 1. The van der Waals surface area contributed by atoms with E-state index in [0.29, 0.717) is 22.3 Å². The lowest BCUT2D eigenvalue weighted by Crippen LogP contribution is -2.23. The van der Waals surface area contributed by atoms with Gasteiger partial charge in [0.1, 0.15) is 18.2 Å². The molecule has 0 saturated heterocycles. The van der Waals surface area contributed by atoms with E-state index in [1.165, 1.54) is 29.1 Å². The summed E-state index contributed by atoms with van der Waals surface area (Å²) >= 11 is 3.38. The van der Waals surface area contributed by atoms with Crippen molar-refractivity contribution in [2.24, 2.45) is 5.10 Å². The minimum absolute atomic E-state index is 0.00455. The zero-order valence-electron chi connectivity index (χ0n) is 19.5. The summed E-state index contributed by atoms with van der Waals surface area (Å²) in [5, 5.41) is 16.4. The first-order valence-electron chi connectivity index (χ1n) is 11.2. The highest BCUT2D eigenvalue weighted by Gasteiger charge is 2.18. The van der Waals surface area contributed by atoms with Crippen LogP contribution in [-0.4, -0.2) is 20.8 Å². The third-order valence-corrected chi connectivity index (χ3v) is 6.22. The normalized spacial score (nSPS) is 12.2. The molecular weight excluding hydrogens is 531 g/mol. The summed E-state index contributed by atoms with van der Waals surface area (Å²) in [6, 6.07) is 15.6. The Morgan fingerprint density at radius 3 is 2.72 bits per heavy atom. The number of rotatable bonds is 8. The van der Waals surface area contributed by atoms with E-state index >= 15 is 0 Å². The van der Waals surface area contributed by atoms with E-state index in [-0.39, 0.29) is 35.1 Å². The van der Waals surface area contributed by atoms with Crippen LogP contribution in [0.2, 0.25) is 0 Å². The van der Waals surface area contributed by atoms with Crippen LogP contribution in [0, 0.1) is 15.9 Å². The van der Waals surface area contributed by atoms with Crippen molar-refractivity contribution in [1.29, 1.82) is 0 Å². The third-order valence-electron chi connectivity index (χ3n) is 5.73. The number of hydrogen-bond acceptors (Lipinski definition) is 6. The lowest BCUT2D eigenvalue weighted by molar-refractivity contribution is -0.386. The Hall–Kier alpha value is -3.92. The minimum Gasteiger partial charge on any atom is -0.482 e. The lowest BCUT2D eigenvalue weighted by Gasteiger charge is -2.14. The fraction of sp³-hybridized carbons (Fsp3) is 0.192. The molecule has 1 atom stereocenters. The number of nitrogens with zero attached hydrogens (tertiary/aromatic N) is 4. The predicted molar refractivity (Wildman–Crippen MR) is 139 cm³/mol. The van der Waals surface area contributed by atoms with Gasteiger partial charge in [-0.15, -0.1) is 0 Å². The Balaban J connectivity index is 1.70. The van der Waals surface area contributed by atoms with Gasteiger partial charge in [-0.3, -0.25) is 14.9 Å². The van der Waals surface area contributed by atoms with Crippen LogP contribution in [0.15, 0.2) is 75.0 Å². The van der Waals surface area contributed by atoms with Gasteiger partial charge in [-0.25, -0.2) is 9.37 Å². The van der Waals surface area contributed by atoms with Gasteiger partial charge in [-0.2, -0.15) is 9.78 Å². The number of hydrogen-bond donors (Lipinski definition) is 0. The molecule has 0 radical (unpaired) electrons. The molecule has 0 amide bonds. The van der Waals surface area contributed by atoms with Crippen molar-refractivity contribution in [3.8, 4) is 5.75 Å². The van der Waals surface area contributed by atoms with Crippen molar-refractivity contribution in [2.45, 2.75) is 32.8 Å². The van der Waals surface area contributed by atoms with Gasteiger partial charge in [0.05, 0.1) is 22.0 Å². The lowest BCUT2D eigenvalue weighted by atomic mass is 10.1. The molecule has 1 aromatic heterocycles. The molecule has 0 saturated carbocycles. The molecule has 4 aromatic rings. The summed E-state index contributed by atoms with van der Waals surface area (Å²) in [4.78, 5) is 29.0. The largest absolute Gasteiger partial charge is 0.482 e. The Bertz CT molecular complexity index is 1540. The molecule has 4 rings (SSSR count). The van der Waals surface area contributed by atoms with Gasteiger partial charge in [0.15, 0.2) is 5.75 Å². The van der Waals surface area contributed by atoms with Gasteiger partial charge < -0.3 is 4.74 Å². The quantitative estimate of drug-likeness (QED) is 0.147. The van der Waals surface area contributed by atoms with Crippen molar-refractivity contribution in [2.75, 3.05) is 0 Å². The second-order valence-corrected chi connectivity index (χ2v) is 9.08. The highest BCUT2D eigenvalue weighted by molar-refractivity contribution is 9.10. The highest BCUT2D eigenvalue weighted by Crippen LogP contribution is 2.29. The van der Waals surface area contributed by atoms with Gasteiger partial charge in [0.25, 0.3) is 5.56 Å². The summed E-state index contributed by atoms with van der Waals surface area (Å²) < 4.78 is 21.4. The molecule has 0 bridgehead atoms. The maximum atomic E-state index is 13.9. The molecule has 184 valence electrons. The minimum atomic E-state index is -0.583. The molecule has 0 unspecified atom stereocenters. The first-order chi connectivity index (χ1) is 17.3. The third kappa shape index (κ3) is 5.33. The van der Waals surface area contributed by atoms with Crippen LogP contribution in [-0.2, 0) is 6.61 Å². The van der Waals surface area contributed by atoms with Gasteiger partial charge in [-0.05, 0) is 42.8 Å². The summed E-state index contributed by atoms with van der Waals surface area (Å²) in [7, 11) is 0. The van der Waals surface area contributed by atoms with E-state index in [2.05, 4.69) is 26.0 Å². The molecule has 0 spiro atoms. The Morgan fingerprint density at radius 1 is 1.22 bits per heavy atom. The molecule has 0 aliphatic rings. The summed E-state index contributed by atoms with van der Waals surface area (Å²) in [5.41, 5.74) is 0.593. The van der Waals surface area contributed by atoms with Crippen LogP contribution in [0.3, 0.4) is 0 Å². The second-order valence-electron chi connectivity index (χ2n) is 8.17. The fourth-order valence-electron chi connectivity index (χ4n) is 3.55. The number of nitro benzene ring substituents is 1. The SMILES string of the molecule is CC[C@H](C)c1nc2ccc(Br)cc2c(=O)n1N=Cc1ccc(OCc2ccccc2F)c([N+](=O)[O-])c1. The Labute approximate surface area is 214 Å². The number of aromatic nitrogens is 2. The van der Waals surface area contributed by atoms with E-state index in [4.69, 9.17) is 4.74 Å². The number of fused-ring (bicyclic) bond motifs is 1. The number of halogens is 2. The van der Waals surface area contributed by atoms with Crippen molar-refractivity contribution in [3.63, 3.8) is 0 Å². The zero-order chi connectivity index (χ0) is 25.8. The molecule has 3 aromatic carbocycles. The first kappa shape index (κ1) is 25.2. The molecule has 10 heteroatoms. The molecule has 0 aliphatic carbocycles. The van der Waals surface area contributed by atoms with E-state index in [9.17, 15) is 19.3 Å². The maximum Gasteiger partial charge on any atom is 0.311 e. The monoisotopic (exact) mass is 552 g/mol. The topological polar surface area (TPSA) is 99.6 Å². The van der Waals surface area contributed by atoms with Crippen LogP contribution >= 0.6 is 15.9 Å². The Kier molecular flexibility index (Phi) is 7.54. The van der Waals surface area contributed by atoms with Crippen LogP contribution in [0.25, 0.3) is 10.9 Å². The van der Waals surface area contributed by atoms with Gasteiger partial charge in [0, 0.05) is 27.6 Å². The molecule has 8 nitrogen and oxygen atoms in total. The van der Waals surface area contributed by atoms with Crippen LogP contribution < -0.4 is 10.3 Å². The average molecular weight is 553 g/mol. The van der Waals surface area contributed by atoms with Crippen LogP contribution in [0.5, 0.6) is 5.75 Å². The van der Waals surface area contributed by atoms with Gasteiger partial charge in [-0.1, -0.05) is 48.0 Å². The Morgan fingerprint density at radius 2 is 2.00 bits per heavy atom. The first-order valence-corrected chi connectivity index (χ1v) is 12.0. The highest BCUT2D eigenvalue weighted by atomic mass is 79.9. The summed E-state index contributed by atoms with van der Waals surface area (Å²) in [6.07, 6.45) is 2.11. The number of benzene rings is 3. The predicted octanol–water partition coefficient (Wildman–Crippen LogP) is 6.18. The molecule has 0 N–H and O–H groups in total. The van der Waals surface area contributed by atoms with Gasteiger partial charge in [0.2, 0.25) is 0 Å². The van der Waals surface area contributed by atoms with Crippen molar-refractivity contribution in [3.05, 3.63) is 108 Å². The molecule has 0 aliphatic heterocycles. The van der Waals surface area contributed by atoms with E-state index < -0.39 is 10.7 Å². The second kappa shape index (κ2) is 10.8. The van der Waals surface area contributed by atoms with E-state index in [1.807, 2.05) is 19.9 Å². The maximum absolute atomic E-state index is 13.9. The van der Waals surface area contributed by atoms with E-state index in [0.717, 1.165) is 10.9 Å². The van der Waals surface area contributed by atoms with Crippen molar-refractivity contribution < 1.29 is 14.1 Å². The zero-order valence-corrected chi connectivity index (χ0v) is 21.1. The van der Waals surface area contributed by atoms with E-state index in [1.54, 1.807) is 36.4 Å². The average Bonchev–Trinajstić information content (AvgIpc) is 2.87. The van der Waals surface area contributed by atoms with Gasteiger partial charge >= 0.3 is 5.69 Å². The fourth-order valence-corrected chi connectivity index (χ4v) is 3.91.